The first-order valence-corrected chi connectivity index (χ1v) is 11.5. The van der Waals surface area contributed by atoms with Crippen LogP contribution in [0.25, 0.3) is 11.1 Å². The first kappa shape index (κ1) is 17.2. The number of thioether (sulfide) groups is 1. The summed E-state index contributed by atoms with van der Waals surface area (Å²) in [6.07, 6.45) is 4.16. The van der Waals surface area contributed by atoms with Crippen LogP contribution in [-0.2, 0) is 32.2 Å². The lowest BCUT2D eigenvalue weighted by molar-refractivity contribution is 0.722. The van der Waals surface area contributed by atoms with Crippen LogP contribution < -0.4 is 4.90 Å². The molecule has 3 aromatic rings. The fourth-order valence-electron chi connectivity index (χ4n) is 5.39. The summed E-state index contributed by atoms with van der Waals surface area (Å²) in [5.74, 6) is 1.09. The maximum absolute atomic E-state index is 10.2. The van der Waals surface area contributed by atoms with Crippen molar-refractivity contribution in [3.05, 3.63) is 81.9 Å². The van der Waals surface area contributed by atoms with Crippen molar-refractivity contribution in [3.8, 4) is 17.2 Å². The fourth-order valence-corrected chi connectivity index (χ4v) is 6.66. The first-order chi connectivity index (χ1) is 14.3. The normalized spacial score (nSPS) is 16.4. The van der Waals surface area contributed by atoms with Crippen molar-refractivity contribution in [1.29, 1.82) is 5.26 Å². The molecule has 0 aromatic heterocycles. The van der Waals surface area contributed by atoms with Crippen LogP contribution in [0.15, 0.2) is 53.4 Å². The van der Waals surface area contributed by atoms with Crippen molar-refractivity contribution in [2.24, 2.45) is 0 Å². The van der Waals surface area contributed by atoms with Crippen LogP contribution in [0.3, 0.4) is 0 Å². The lowest BCUT2D eigenvalue weighted by atomic mass is 9.81. The fraction of sp³-hybridized carbons (Fsp3) is 0.269. The van der Waals surface area contributed by atoms with Crippen LogP contribution in [0.4, 0.5) is 5.69 Å². The summed E-state index contributed by atoms with van der Waals surface area (Å²) in [5, 5.41) is 10.2. The standard InChI is InChI=1S/C26H22N2S/c27-15-23-21-12-14-29-26(21)24-20-8-4-3-6-18(20)9-10-22(24)25(23)28-13-11-17-5-1-2-7-19(17)16-28/h1-8H,9-14,16H2. The van der Waals surface area contributed by atoms with Gasteiger partial charge in [0.05, 0.1) is 11.3 Å². The predicted octanol–water partition coefficient (Wildman–Crippen LogP) is 5.53. The Hall–Kier alpha value is -2.70. The number of nitriles is 1. The highest BCUT2D eigenvalue weighted by Crippen LogP contribution is 2.51. The lowest BCUT2D eigenvalue weighted by Crippen LogP contribution is -2.32. The number of hydrogen-bond acceptors (Lipinski definition) is 3. The average molecular weight is 395 g/mol. The van der Waals surface area contributed by atoms with E-state index in [-0.39, 0.29) is 0 Å². The minimum absolute atomic E-state index is 0.908. The zero-order chi connectivity index (χ0) is 19.4. The molecule has 29 heavy (non-hydrogen) atoms. The molecule has 3 aromatic carbocycles. The molecule has 142 valence electrons. The average Bonchev–Trinajstić information content (AvgIpc) is 3.27. The molecule has 2 heterocycles. The smallest absolute Gasteiger partial charge is 0.102 e. The minimum Gasteiger partial charge on any atom is -0.366 e. The second-order valence-corrected chi connectivity index (χ2v) is 9.30. The Morgan fingerprint density at radius 1 is 0.828 bits per heavy atom. The van der Waals surface area contributed by atoms with Gasteiger partial charge in [0, 0.05) is 29.3 Å². The summed E-state index contributed by atoms with van der Waals surface area (Å²) >= 11 is 1.95. The van der Waals surface area contributed by atoms with Gasteiger partial charge in [-0.05, 0) is 59.1 Å². The van der Waals surface area contributed by atoms with Gasteiger partial charge in [-0.3, -0.25) is 0 Å². The van der Waals surface area contributed by atoms with E-state index in [0.29, 0.717) is 0 Å². The molecule has 6 rings (SSSR count). The molecule has 1 aliphatic carbocycles. The third-order valence-electron chi connectivity index (χ3n) is 6.72. The van der Waals surface area contributed by atoms with Gasteiger partial charge in [-0.25, -0.2) is 0 Å². The second kappa shape index (κ2) is 6.68. The number of fused-ring (bicyclic) bond motifs is 6. The van der Waals surface area contributed by atoms with E-state index < -0.39 is 0 Å². The highest BCUT2D eigenvalue weighted by molar-refractivity contribution is 7.99. The van der Waals surface area contributed by atoms with Gasteiger partial charge in [-0.2, -0.15) is 5.26 Å². The Balaban J connectivity index is 1.60. The van der Waals surface area contributed by atoms with Crippen molar-refractivity contribution in [3.63, 3.8) is 0 Å². The van der Waals surface area contributed by atoms with Gasteiger partial charge in [0.15, 0.2) is 0 Å². The summed E-state index contributed by atoms with van der Waals surface area (Å²) in [6.45, 7) is 1.90. The molecule has 0 amide bonds. The van der Waals surface area contributed by atoms with Crippen molar-refractivity contribution < 1.29 is 0 Å². The number of aryl methyl sites for hydroxylation is 1. The van der Waals surface area contributed by atoms with Crippen molar-refractivity contribution >= 4 is 17.4 Å². The molecule has 0 bridgehead atoms. The van der Waals surface area contributed by atoms with Crippen LogP contribution in [0, 0.1) is 11.3 Å². The monoisotopic (exact) mass is 394 g/mol. The van der Waals surface area contributed by atoms with Gasteiger partial charge in [0.1, 0.15) is 6.07 Å². The van der Waals surface area contributed by atoms with E-state index >= 15 is 0 Å². The number of rotatable bonds is 1. The van der Waals surface area contributed by atoms with E-state index in [4.69, 9.17) is 0 Å². The van der Waals surface area contributed by atoms with Crippen LogP contribution in [0.2, 0.25) is 0 Å². The van der Waals surface area contributed by atoms with E-state index in [1.54, 1.807) is 0 Å². The van der Waals surface area contributed by atoms with Crippen LogP contribution in [-0.4, -0.2) is 12.3 Å². The Morgan fingerprint density at radius 3 is 2.48 bits per heavy atom. The SMILES string of the molecule is N#Cc1c2c(c3c(c1N1CCc4ccccc4C1)CCc1ccccc1-3)SCC2. The third-order valence-corrected chi connectivity index (χ3v) is 7.86. The molecule has 0 fully saturated rings. The van der Waals surface area contributed by atoms with Gasteiger partial charge in [0.25, 0.3) is 0 Å². The van der Waals surface area contributed by atoms with Gasteiger partial charge in [0.2, 0.25) is 0 Å². The van der Waals surface area contributed by atoms with E-state index in [1.807, 2.05) is 11.8 Å². The first-order valence-electron chi connectivity index (χ1n) is 10.5. The molecule has 0 N–H and O–H groups in total. The summed E-state index contributed by atoms with van der Waals surface area (Å²) in [4.78, 5) is 3.88. The van der Waals surface area contributed by atoms with E-state index in [1.165, 1.54) is 49.5 Å². The Bertz CT molecular complexity index is 1190. The van der Waals surface area contributed by atoms with E-state index in [9.17, 15) is 5.26 Å². The van der Waals surface area contributed by atoms with Gasteiger partial charge in [-0.15, -0.1) is 11.8 Å². The molecule has 0 saturated heterocycles. The van der Waals surface area contributed by atoms with Gasteiger partial charge < -0.3 is 4.90 Å². The predicted molar refractivity (Wildman–Crippen MR) is 120 cm³/mol. The zero-order valence-corrected chi connectivity index (χ0v) is 17.2. The molecule has 3 heteroatoms. The summed E-state index contributed by atoms with van der Waals surface area (Å²) in [6, 6.07) is 20.3. The molecule has 0 radical (unpaired) electrons. The number of benzene rings is 3. The zero-order valence-electron chi connectivity index (χ0n) is 16.4. The maximum atomic E-state index is 10.2. The Kier molecular flexibility index (Phi) is 3.96. The molecule has 3 aliphatic rings. The maximum Gasteiger partial charge on any atom is 0.102 e. The Morgan fingerprint density at radius 2 is 1.62 bits per heavy atom. The van der Waals surface area contributed by atoms with Crippen molar-refractivity contribution in [2.75, 3.05) is 17.2 Å². The molecule has 0 saturated carbocycles. The summed E-state index contributed by atoms with van der Waals surface area (Å²) < 4.78 is 0. The summed E-state index contributed by atoms with van der Waals surface area (Å²) in [5.41, 5.74) is 12.0. The number of anilines is 1. The number of hydrogen-bond donors (Lipinski definition) is 0. The van der Waals surface area contributed by atoms with E-state index in [2.05, 4.69) is 59.5 Å². The third kappa shape index (κ3) is 2.56. The van der Waals surface area contributed by atoms with E-state index in [0.717, 1.165) is 50.1 Å². The van der Waals surface area contributed by atoms with Crippen molar-refractivity contribution in [2.45, 2.75) is 37.1 Å². The second-order valence-electron chi connectivity index (χ2n) is 8.19. The topological polar surface area (TPSA) is 27.0 Å². The Labute approximate surface area is 176 Å². The molecule has 2 nitrogen and oxygen atoms in total. The quantitative estimate of drug-likeness (QED) is 0.543. The molecule has 0 spiro atoms. The van der Waals surface area contributed by atoms with Crippen molar-refractivity contribution in [1.82, 2.24) is 0 Å². The molecule has 0 unspecified atom stereocenters. The largest absolute Gasteiger partial charge is 0.366 e. The highest BCUT2D eigenvalue weighted by Gasteiger charge is 2.33. The molecular formula is C26H22N2S. The number of nitrogens with zero attached hydrogens (tertiary/aromatic N) is 2. The van der Waals surface area contributed by atoms with Crippen LogP contribution in [0.5, 0.6) is 0 Å². The molecule has 0 atom stereocenters. The minimum atomic E-state index is 0.908. The van der Waals surface area contributed by atoms with Gasteiger partial charge in [-0.1, -0.05) is 48.5 Å². The molecule has 2 aliphatic heterocycles. The summed E-state index contributed by atoms with van der Waals surface area (Å²) in [7, 11) is 0. The van der Waals surface area contributed by atoms with Crippen LogP contribution >= 0.6 is 11.8 Å². The molecular weight excluding hydrogens is 372 g/mol. The van der Waals surface area contributed by atoms with Gasteiger partial charge >= 0.3 is 0 Å². The lowest BCUT2D eigenvalue weighted by Gasteiger charge is -2.36. The van der Waals surface area contributed by atoms with Crippen LogP contribution in [0.1, 0.15) is 33.4 Å². The highest BCUT2D eigenvalue weighted by atomic mass is 32.2.